The Morgan fingerprint density at radius 2 is 1.90 bits per heavy atom. The summed E-state index contributed by atoms with van der Waals surface area (Å²) in [5, 5.41) is 3.41. The summed E-state index contributed by atoms with van der Waals surface area (Å²) < 4.78 is 6.01. The molecule has 2 aromatic carbocycles. The maximum absolute atomic E-state index is 6.01. The quantitative estimate of drug-likeness (QED) is 0.774. The van der Waals surface area contributed by atoms with Crippen LogP contribution in [0.2, 0.25) is 0 Å². The maximum Gasteiger partial charge on any atom is 0.130 e. The molecule has 0 radical (unpaired) electrons. The molecule has 0 bridgehead atoms. The molecule has 0 aromatic heterocycles. The van der Waals surface area contributed by atoms with E-state index in [0.717, 1.165) is 36.6 Å². The van der Waals surface area contributed by atoms with Gasteiger partial charge in [-0.25, -0.2) is 0 Å². The lowest BCUT2D eigenvalue weighted by Gasteiger charge is -2.11. The van der Waals surface area contributed by atoms with Crippen molar-refractivity contribution in [1.82, 2.24) is 5.32 Å². The maximum atomic E-state index is 6.01. The molecule has 0 spiro atoms. The average molecular weight is 269 g/mol. The van der Waals surface area contributed by atoms with E-state index in [0.29, 0.717) is 0 Å². The number of nitrogens with one attached hydrogen (secondary N) is 1. The molecule has 1 N–H and O–H groups in total. The molecule has 0 heterocycles. The molecular weight excluding hydrogens is 246 g/mol. The number of rotatable bonds is 6. The van der Waals surface area contributed by atoms with Crippen LogP contribution in [-0.4, -0.2) is 6.54 Å². The highest BCUT2D eigenvalue weighted by atomic mass is 16.5. The fourth-order valence-corrected chi connectivity index (χ4v) is 2.07. The standard InChI is InChI=1S/C18H23NO/c1-4-10-19-13-16-6-5-7-17(12-16)20-18-11-14(2)8-9-15(18)3/h5-9,11-12,19H,4,10,13H2,1-3H3. The second-order valence-corrected chi connectivity index (χ2v) is 5.20. The minimum Gasteiger partial charge on any atom is -0.457 e. The van der Waals surface area contributed by atoms with E-state index in [1.807, 2.05) is 12.1 Å². The minimum absolute atomic E-state index is 0.887. The Balaban J connectivity index is 2.09. The first-order chi connectivity index (χ1) is 9.69. The van der Waals surface area contributed by atoms with Gasteiger partial charge in [0, 0.05) is 6.54 Å². The number of hydrogen-bond donors (Lipinski definition) is 1. The van der Waals surface area contributed by atoms with Gasteiger partial charge >= 0.3 is 0 Å². The van der Waals surface area contributed by atoms with E-state index in [4.69, 9.17) is 4.74 Å². The zero-order valence-corrected chi connectivity index (χ0v) is 12.6. The monoisotopic (exact) mass is 269 g/mol. The van der Waals surface area contributed by atoms with E-state index in [2.05, 4.69) is 56.4 Å². The van der Waals surface area contributed by atoms with E-state index >= 15 is 0 Å². The molecule has 0 aliphatic heterocycles. The molecule has 0 amide bonds. The van der Waals surface area contributed by atoms with E-state index in [-0.39, 0.29) is 0 Å². The zero-order chi connectivity index (χ0) is 14.4. The molecule has 0 unspecified atom stereocenters. The SMILES string of the molecule is CCCNCc1cccc(Oc2cc(C)ccc2C)c1. The largest absolute Gasteiger partial charge is 0.457 e. The van der Waals surface area contributed by atoms with Crippen LogP contribution in [0, 0.1) is 13.8 Å². The summed E-state index contributed by atoms with van der Waals surface area (Å²) in [6, 6.07) is 14.6. The summed E-state index contributed by atoms with van der Waals surface area (Å²) in [5.41, 5.74) is 3.62. The Labute approximate surface area is 121 Å². The summed E-state index contributed by atoms with van der Waals surface area (Å²) in [7, 11) is 0. The third-order valence-electron chi connectivity index (χ3n) is 3.23. The minimum atomic E-state index is 0.887. The third kappa shape index (κ3) is 4.10. The first-order valence-electron chi connectivity index (χ1n) is 7.24. The van der Waals surface area contributed by atoms with Gasteiger partial charge < -0.3 is 10.1 Å². The van der Waals surface area contributed by atoms with Crippen molar-refractivity contribution in [3.05, 3.63) is 59.2 Å². The molecule has 2 heteroatoms. The highest BCUT2D eigenvalue weighted by molar-refractivity contribution is 5.40. The Bertz CT molecular complexity index is 563. The van der Waals surface area contributed by atoms with Gasteiger partial charge in [-0.05, 0) is 61.7 Å². The fourth-order valence-electron chi connectivity index (χ4n) is 2.07. The summed E-state index contributed by atoms with van der Waals surface area (Å²) in [5.74, 6) is 1.83. The van der Waals surface area contributed by atoms with Crippen molar-refractivity contribution >= 4 is 0 Å². The Morgan fingerprint density at radius 3 is 2.70 bits per heavy atom. The Kier molecular flexibility index (Phi) is 5.19. The van der Waals surface area contributed by atoms with Crippen molar-refractivity contribution in [3.8, 4) is 11.5 Å². The van der Waals surface area contributed by atoms with Gasteiger partial charge in [0.1, 0.15) is 11.5 Å². The molecule has 0 atom stereocenters. The molecular formula is C18H23NO. The lowest BCUT2D eigenvalue weighted by Crippen LogP contribution is -2.13. The van der Waals surface area contributed by atoms with Gasteiger partial charge in [-0.15, -0.1) is 0 Å². The predicted molar refractivity (Wildman–Crippen MR) is 84.4 cm³/mol. The van der Waals surface area contributed by atoms with E-state index < -0.39 is 0 Å². The van der Waals surface area contributed by atoms with Crippen molar-refractivity contribution in [3.63, 3.8) is 0 Å². The molecule has 0 saturated carbocycles. The van der Waals surface area contributed by atoms with E-state index in [9.17, 15) is 0 Å². The topological polar surface area (TPSA) is 21.3 Å². The van der Waals surface area contributed by atoms with Crippen LogP contribution in [0.1, 0.15) is 30.0 Å². The van der Waals surface area contributed by atoms with Crippen LogP contribution in [0.25, 0.3) is 0 Å². The fraction of sp³-hybridized carbons (Fsp3) is 0.333. The molecule has 20 heavy (non-hydrogen) atoms. The van der Waals surface area contributed by atoms with Crippen molar-refractivity contribution in [1.29, 1.82) is 0 Å². The summed E-state index contributed by atoms with van der Waals surface area (Å²) in [6.45, 7) is 8.26. The predicted octanol–water partition coefficient (Wildman–Crippen LogP) is 4.60. The molecule has 2 aromatic rings. The number of aryl methyl sites for hydroxylation is 2. The first-order valence-corrected chi connectivity index (χ1v) is 7.24. The number of hydrogen-bond acceptors (Lipinski definition) is 2. The van der Waals surface area contributed by atoms with Gasteiger partial charge in [0.2, 0.25) is 0 Å². The number of ether oxygens (including phenoxy) is 1. The van der Waals surface area contributed by atoms with E-state index in [1.165, 1.54) is 11.1 Å². The summed E-state index contributed by atoms with van der Waals surface area (Å²) in [4.78, 5) is 0. The van der Waals surface area contributed by atoms with Gasteiger partial charge in [-0.1, -0.05) is 31.2 Å². The van der Waals surface area contributed by atoms with Gasteiger partial charge in [0.15, 0.2) is 0 Å². The second-order valence-electron chi connectivity index (χ2n) is 5.20. The average Bonchev–Trinajstić information content (AvgIpc) is 2.44. The second kappa shape index (κ2) is 7.11. The molecule has 0 fully saturated rings. The number of benzene rings is 2. The van der Waals surface area contributed by atoms with Crippen LogP contribution < -0.4 is 10.1 Å². The molecule has 2 nitrogen and oxygen atoms in total. The Morgan fingerprint density at radius 1 is 1.05 bits per heavy atom. The van der Waals surface area contributed by atoms with Gasteiger partial charge in [0.05, 0.1) is 0 Å². The van der Waals surface area contributed by atoms with E-state index in [1.54, 1.807) is 0 Å². The van der Waals surface area contributed by atoms with Crippen LogP contribution in [0.15, 0.2) is 42.5 Å². The van der Waals surface area contributed by atoms with Gasteiger partial charge in [0.25, 0.3) is 0 Å². The lowest BCUT2D eigenvalue weighted by molar-refractivity contribution is 0.477. The van der Waals surface area contributed by atoms with Crippen LogP contribution in [0.5, 0.6) is 11.5 Å². The highest BCUT2D eigenvalue weighted by Crippen LogP contribution is 2.26. The Hall–Kier alpha value is -1.80. The molecule has 2 rings (SSSR count). The summed E-state index contributed by atoms with van der Waals surface area (Å²) in [6.07, 6.45) is 1.15. The lowest BCUT2D eigenvalue weighted by atomic mass is 10.1. The smallest absolute Gasteiger partial charge is 0.130 e. The van der Waals surface area contributed by atoms with Crippen LogP contribution in [0.3, 0.4) is 0 Å². The van der Waals surface area contributed by atoms with Crippen molar-refractivity contribution in [2.45, 2.75) is 33.7 Å². The van der Waals surface area contributed by atoms with Crippen molar-refractivity contribution < 1.29 is 4.74 Å². The molecule has 106 valence electrons. The van der Waals surface area contributed by atoms with Crippen LogP contribution >= 0.6 is 0 Å². The summed E-state index contributed by atoms with van der Waals surface area (Å²) >= 11 is 0. The van der Waals surface area contributed by atoms with Crippen LogP contribution in [0.4, 0.5) is 0 Å². The van der Waals surface area contributed by atoms with Crippen molar-refractivity contribution in [2.24, 2.45) is 0 Å². The van der Waals surface area contributed by atoms with Gasteiger partial charge in [-0.3, -0.25) is 0 Å². The molecule has 0 aliphatic carbocycles. The first kappa shape index (κ1) is 14.6. The highest BCUT2D eigenvalue weighted by Gasteiger charge is 2.03. The van der Waals surface area contributed by atoms with Crippen LogP contribution in [-0.2, 0) is 6.54 Å². The third-order valence-corrected chi connectivity index (χ3v) is 3.23. The van der Waals surface area contributed by atoms with Crippen molar-refractivity contribution in [2.75, 3.05) is 6.54 Å². The molecule has 0 aliphatic rings. The molecule has 0 saturated heterocycles. The normalized spacial score (nSPS) is 10.6. The zero-order valence-electron chi connectivity index (χ0n) is 12.6. The van der Waals surface area contributed by atoms with Gasteiger partial charge in [-0.2, -0.15) is 0 Å².